The van der Waals surface area contributed by atoms with Crippen molar-refractivity contribution >= 4 is 34.3 Å². The average molecular weight is 516 g/mol. The molecule has 1 fully saturated rings. The first-order valence-electron chi connectivity index (χ1n) is 11.1. The molecule has 3 heterocycles. The number of hydrogen-bond acceptors (Lipinski definition) is 9. The molecule has 1 aliphatic carbocycles. The number of rotatable bonds is 8. The summed E-state index contributed by atoms with van der Waals surface area (Å²) < 4.78 is 43.6. The fourth-order valence-electron chi connectivity index (χ4n) is 4.08. The first-order valence-corrected chi connectivity index (χ1v) is 11.5. The summed E-state index contributed by atoms with van der Waals surface area (Å²) >= 11 is 6.45. The Bertz CT molecular complexity index is 1190. The number of furan rings is 1. The van der Waals surface area contributed by atoms with E-state index in [0.29, 0.717) is 5.58 Å². The summed E-state index contributed by atoms with van der Waals surface area (Å²) in [7, 11) is 0. The topological polar surface area (TPSA) is 137 Å². The number of aliphatic hydroxyl groups excluding tert-OH is 3. The van der Waals surface area contributed by atoms with Crippen molar-refractivity contribution in [2.75, 3.05) is 23.8 Å². The molecule has 0 unspecified atom stereocenters. The SMILES string of the molecule is CCc1cc2cc(-c3c(Cl)nc(NCCC(F)(F)F)nc3N[C@@H]3C[C@H](CO)[C@@H](O)[C@H]3O)oc2cn1. The maximum atomic E-state index is 12.6. The summed E-state index contributed by atoms with van der Waals surface area (Å²) in [5, 5.41) is 36.3. The van der Waals surface area contributed by atoms with Crippen LogP contribution in [0.2, 0.25) is 5.15 Å². The van der Waals surface area contributed by atoms with E-state index in [1.807, 2.05) is 13.0 Å². The zero-order chi connectivity index (χ0) is 25.3. The first kappa shape index (κ1) is 25.4. The average Bonchev–Trinajstić information content (AvgIpc) is 3.33. The third-order valence-electron chi connectivity index (χ3n) is 5.98. The Morgan fingerprint density at radius 3 is 2.63 bits per heavy atom. The zero-order valence-electron chi connectivity index (χ0n) is 18.7. The molecule has 190 valence electrons. The fraction of sp³-hybridized carbons (Fsp3) is 0.500. The molecule has 3 aromatic heterocycles. The van der Waals surface area contributed by atoms with Gasteiger partial charge in [-0.3, -0.25) is 4.98 Å². The van der Waals surface area contributed by atoms with E-state index in [0.717, 1.165) is 17.5 Å². The number of nitrogens with one attached hydrogen (secondary N) is 2. The molecule has 9 nitrogen and oxygen atoms in total. The molecule has 5 N–H and O–H groups in total. The van der Waals surface area contributed by atoms with Crippen LogP contribution in [0.5, 0.6) is 0 Å². The van der Waals surface area contributed by atoms with Gasteiger partial charge in [-0.1, -0.05) is 18.5 Å². The highest BCUT2D eigenvalue weighted by Gasteiger charge is 2.41. The summed E-state index contributed by atoms with van der Waals surface area (Å²) in [6, 6.07) is 2.87. The summed E-state index contributed by atoms with van der Waals surface area (Å²) in [4.78, 5) is 12.7. The van der Waals surface area contributed by atoms with Crippen LogP contribution in [0, 0.1) is 5.92 Å². The van der Waals surface area contributed by atoms with Gasteiger partial charge in [0.1, 0.15) is 22.8 Å². The van der Waals surface area contributed by atoms with E-state index in [-0.39, 0.29) is 41.3 Å². The molecule has 35 heavy (non-hydrogen) atoms. The van der Waals surface area contributed by atoms with Crippen molar-refractivity contribution in [3.05, 3.63) is 29.2 Å². The number of anilines is 2. The van der Waals surface area contributed by atoms with Crippen LogP contribution in [0.15, 0.2) is 22.7 Å². The number of aromatic nitrogens is 3. The number of aliphatic hydroxyl groups is 3. The minimum Gasteiger partial charge on any atom is -0.454 e. The second-order valence-electron chi connectivity index (χ2n) is 8.44. The van der Waals surface area contributed by atoms with Gasteiger partial charge in [-0.25, -0.2) is 4.98 Å². The van der Waals surface area contributed by atoms with Gasteiger partial charge >= 0.3 is 6.18 Å². The summed E-state index contributed by atoms with van der Waals surface area (Å²) in [6.45, 7) is 1.17. The van der Waals surface area contributed by atoms with Crippen LogP contribution in [-0.2, 0) is 6.42 Å². The van der Waals surface area contributed by atoms with Crippen molar-refractivity contribution in [1.29, 1.82) is 0 Å². The fourth-order valence-corrected chi connectivity index (χ4v) is 4.35. The minimum atomic E-state index is -4.36. The van der Waals surface area contributed by atoms with Crippen LogP contribution in [0.1, 0.15) is 25.5 Å². The summed E-state index contributed by atoms with van der Waals surface area (Å²) in [5.74, 6) is -0.325. The van der Waals surface area contributed by atoms with Crippen molar-refractivity contribution in [3.63, 3.8) is 0 Å². The largest absolute Gasteiger partial charge is 0.454 e. The van der Waals surface area contributed by atoms with E-state index in [1.165, 1.54) is 0 Å². The molecule has 13 heteroatoms. The molecule has 3 aromatic rings. The minimum absolute atomic E-state index is 0.0912. The third kappa shape index (κ3) is 5.61. The van der Waals surface area contributed by atoms with Crippen LogP contribution in [0.3, 0.4) is 0 Å². The van der Waals surface area contributed by atoms with Gasteiger partial charge in [0.15, 0.2) is 5.58 Å². The molecule has 4 rings (SSSR count). The predicted molar refractivity (Wildman–Crippen MR) is 123 cm³/mol. The van der Waals surface area contributed by atoms with Crippen molar-refractivity contribution < 1.29 is 32.9 Å². The van der Waals surface area contributed by atoms with E-state index in [9.17, 15) is 28.5 Å². The molecule has 0 amide bonds. The lowest BCUT2D eigenvalue weighted by Gasteiger charge is -2.21. The molecule has 1 saturated carbocycles. The standard InChI is InChI=1S/C22H25ClF3N5O4/c1-2-12-5-10-7-14(35-15(10)8-28-12)16-19(23)30-21(27-4-3-22(24,25)26)31-20(16)29-13-6-11(9-32)17(33)18(13)34/h5,7-8,11,13,17-18,32-34H,2-4,6,9H2,1H3,(H2,27,29,30,31)/t11-,13-,17-,18+/m1/s1. The second-order valence-corrected chi connectivity index (χ2v) is 8.80. The number of hydrogen-bond donors (Lipinski definition) is 5. The Labute approximate surface area is 203 Å². The van der Waals surface area contributed by atoms with Gasteiger partial charge in [-0.05, 0) is 25.0 Å². The van der Waals surface area contributed by atoms with Gasteiger partial charge in [0, 0.05) is 30.1 Å². The molecular formula is C22H25ClF3N5O4. The predicted octanol–water partition coefficient (Wildman–Crippen LogP) is 3.38. The smallest absolute Gasteiger partial charge is 0.390 e. The van der Waals surface area contributed by atoms with Crippen molar-refractivity contribution in [1.82, 2.24) is 15.0 Å². The normalized spacial score (nSPS) is 22.6. The highest BCUT2D eigenvalue weighted by Crippen LogP contribution is 2.39. The lowest BCUT2D eigenvalue weighted by atomic mass is 10.1. The van der Waals surface area contributed by atoms with E-state index in [4.69, 9.17) is 16.0 Å². The Morgan fingerprint density at radius 2 is 1.97 bits per heavy atom. The number of alkyl halides is 3. The Morgan fingerprint density at radius 1 is 1.20 bits per heavy atom. The highest BCUT2D eigenvalue weighted by molar-refractivity contribution is 6.32. The molecule has 0 radical (unpaired) electrons. The molecule has 0 spiro atoms. The zero-order valence-corrected chi connectivity index (χ0v) is 19.4. The number of halogens is 4. The maximum Gasteiger partial charge on any atom is 0.390 e. The molecule has 1 aliphatic rings. The van der Waals surface area contributed by atoms with Crippen LogP contribution in [0.4, 0.5) is 24.9 Å². The number of aryl methyl sites for hydroxylation is 1. The Balaban J connectivity index is 1.72. The van der Waals surface area contributed by atoms with Gasteiger partial charge in [-0.2, -0.15) is 18.2 Å². The third-order valence-corrected chi connectivity index (χ3v) is 6.26. The Hall–Kier alpha value is -2.67. The number of pyridine rings is 1. The van der Waals surface area contributed by atoms with Crippen LogP contribution < -0.4 is 10.6 Å². The highest BCUT2D eigenvalue weighted by atomic mass is 35.5. The van der Waals surface area contributed by atoms with Crippen LogP contribution in [-0.4, -0.2) is 67.8 Å². The lowest BCUT2D eigenvalue weighted by molar-refractivity contribution is -0.131. The monoisotopic (exact) mass is 515 g/mol. The summed E-state index contributed by atoms with van der Waals surface area (Å²) in [6.07, 6.45) is -5.31. The molecule has 0 aromatic carbocycles. The maximum absolute atomic E-state index is 12.6. The molecule has 0 bridgehead atoms. The van der Waals surface area contributed by atoms with E-state index in [1.54, 1.807) is 12.3 Å². The molecule has 0 saturated heterocycles. The van der Waals surface area contributed by atoms with Gasteiger partial charge < -0.3 is 30.4 Å². The van der Waals surface area contributed by atoms with Crippen molar-refractivity contribution in [2.24, 2.45) is 5.92 Å². The van der Waals surface area contributed by atoms with E-state index >= 15 is 0 Å². The number of fused-ring (bicyclic) bond motifs is 1. The lowest BCUT2D eigenvalue weighted by Crippen LogP contribution is -2.35. The van der Waals surface area contributed by atoms with Gasteiger partial charge in [0.2, 0.25) is 5.95 Å². The summed E-state index contributed by atoms with van der Waals surface area (Å²) in [5.41, 5.74) is 1.58. The second kappa shape index (κ2) is 10.1. The van der Waals surface area contributed by atoms with E-state index in [2.05, 4.69) is 25.6 Å². The van der Waals surface area contributed by atoms with Crippen LogP contribution >= 0.6 is 11.6 Å². The van der Waals surface area contributed by atoms with E-state index < -0.39 is 43.3 Å². The van der Waals surface area contributed by atoms with Crippen molar-refractivity contribution in [3.8, 4) is 11.3 Å². The van der Waals surface area contributed by atoms with Gasteiger partial charge in [0.25, 0.3) is 0 Å². The molecule has 4 atom stereocenters. The quantitative estimate of drug-likeness (QED) is 0.286. The molecule has 0 aliphatic heterocycles. The van der Waals surface area contributed by atoms with Crippen LogP contribution in [0.25, 0.3) is 22.3 Å². The van der Waals surface area contributed by atoms with Gasteiger partial charge in [-0.15, -0.1) is 0 Å². The number of nitrogens with zero attached hydrogens (tertiary/aromatic N) is 3. The van der Waals surface area contributed by atoms with Gasteiger partial charge in [0.05, 0.1) is 30.3 Å². The van der Waals surface area contributed by atoms with Crippen molar-refractivity contribution in [2.45, 2.75) is 50.6 Å². The Kier molecular flexibility index (Phi) is 7.36. The first-order chi connectivity index (χ1) is 16.6. The molecular weight excluding hydrogens is 491 g/mol.